The van der Waals surface area contributed by atoms with Gasteiger partial charge in [-0.05, 0) is 31.2 Å². The zero-order valence-corrected chi connectivity index (χ0v) is 10.9. The molecular formula is C13H12ClN3O2. The molecule has 5 nitrogen and oxygen atoms in total. The molecule has 2 aromatic rings. The van der Waals surface area contributed by atoms with Gasteiger partial charge in [0.25, 0.3) is 5.91 Å². The maximum atomic E-state index is 11.9. The first kappa shape index (κ1) is 13.2. The van der Waals surface area contributed by atoms with Gasteiger partial charge in [-0.3, -0.25) is 9.59 Å². The van der Waals surface area contributed by atoms with Crippen LogP contribution in [0.3, 0.4) is 0 Å². The number of H-pyrrole nitrogens is 1. The molecule has 1 aromatic heterocycles. The smallest absolute Gasteiger partial charge is 0.272 e. The highest BCUT2D eigenvalue weighted by atomic mass is 35.5. The Hall–Kier alpha value is -2.27. The molecule has 0 spiro atoms. The molecule has 0 aliphatic carbocycles. The van der Waals surface area contributed by atoms with Gasteiger partial charge in [-0.1, -0.05) is 11.6 Å². The first-order valence-corrected chi connectivity index (χ1v) is 5.91. The number of ketones is 1. The highest BCUT2D eigenvalue weighted by molar-refractivity contribution is 6.34. The zero-order chi connectivity index (χ0) is 14.0. The van der Waals surface area contributed by atoms with Gasteiger partial charge >= 0.3 is 0 Å². The number of nitrogen functional groups attached to an aromatic ring is 1. The van der Waals surface area contributed by atoms with Gasteiger partial charge in [0.05, 0.1) is 10.7 Å². The maximum Gasteiger partial charge on any atom is 0.272 e. The van der Waals surface area contributed by atoms with Gasteiger partial charge in [-0.25, -0.2) is 0 Å². The number of anilines is 2. The van der Waals surface area contributed by atoms with Crippen LogP contribution in [0.1, 0.15) is 27.8 Å². The Bertz CT molecular complexity index is 649. The Balaban J connectivity index is 2.18. The lowest BCUT2D eigenvalue weighted by Crippen LogP contribution is -2.12. The number of rotatable bonds is 3. The molecule has 4 N–H and O–H groups in total. The lowest BCUT2D eigenvalue weighted by molar-refractivity contribution is 0.101. The number of hydrogen-bond acceptors (Lipinski definition) is 3. The lowest BCUT2D eigenvalue weighted by atomic mass is 10.2. The third-order valence-corrected chi connectivity index (χ3v) is 2.89. The van der Waals surface area contributed by atoms with Crippen LogP contribution >= 0.6 is 11.6 Å². The van der Waals surface area contributed by atoms with Gasteiger partial charge in [0, 0.05) is 17.4 Å². The van der Waals surface area contributed by atoms with Crippen molar-refractivity contribution in [3.63, 3.8) is 0 Å². The summed E-state index contributed by atoms with van der Waals surface area (Å²) in [5, 5.41) is 2.99. The zero-order valence-electron chi connectivity index (χ0n) is 10.2. The summed E-state index contributed by atoms with van der Waals surface area (Å²) in [5.41, 5.74) is 7.28. The van der Waals surface area contributed by atoms with Gasteiger partial charge < -0.3 is 16.0 Å². The topological polar surface area (TPSA) is 88.0 Å². The van der Waals surface area contributed by atoms with Gasteiger partial charge in [-0.2, -0.15) is 0 Å². The van der Waals surface area contributed by atoms with Crippen LogP contribution in [0.25, 0.3) is 0 Å². The molecule has 0 saturated heterocycles. The molecule has 2 rings (SSSR count). The fraction of sp³-hybridized carbons (Fsp3) is 0.0769. The fourth-order valence-electron chi connectivity index (χ4n) is 1.55. The Labute approximate surface area is 114 Å². The summed E-state index contributed by atoms with van der Waals surface area (Å²) in [6.07, 6.45) is 1.49. The predicted molar refractivity (Wildman–Crippen MR) is 74.6 cm³/mol. The van der Waals surface area contributed by atoms with Crippen LogP contribution in [0.5, 0.6) is 0 Å². The molecule has 1 heterocycles. The van der Waals surface area contributed by atoms with E-state index in [1.807, 2.05) is 0 Å². The number of aromatic amines is 1. The summed E-state index contributed by atoms with van der Waals surface area (Å²) in [6, 6.07) is 6.29. The minimum Gasteiger partial charge on any atom is -0.399 e. The van der Waals surface area contributed by atoms with E-state index in [-0.39, 0.29) is 17.4 Å². The van der Waals surface area contributed by atoms with Crippen molar-refractivity contribution in [1.29, 1.82) is 0 Å². The number of hydrogen-bond donors (Lipinski definition) is 3. The Kier molecular flexibility index (Phi) is 3.57. The van der Waals surface area contributed by atoms with E-state index >= 15 is 0 Å². The SMILES string of the molecule is CC(=O)c1c[nH]c(C(=O)Nc2ccc(N)cc2Cl)c1. The van der Waals surface area contributed by atoms with Crippen molar-refractivity contribution >= 4 is 34.7 Å². The minimum atomic E-state index is -0.376. The van der Waals surface area contributed by atoms with E-state index in [0.717, 1.165) is 0 Å². The fourth-order valence-corrected chi connectivity index (χ4v) is 1.79. The quantitative estimate of drug-likeness (QED) is 0.595. The number of amides is 1. The number of carbonyl (C=O) groups is 2. The third kappa shape index (κ3) is 2.95. The molecule has 19 heavy (non-hydrogen) atoms. The van der Waals surface area contributed by atoms with Gasteiger partial charge in [0.15, 0.2) is 5.78 Å². The molecule has 0 unspecified atom stereocenters. The van der Waals surface area contributed by atoms with Gasteiger partial charge in [0.1, 0.15) is 5.69 Å². The number of carbonyl (C=O) groups excluding carboxylic acids is 2. The molecule has 1 aromatic carbocycles. The highest BCUT2D eigenvalue weighted by Crippen LogP contribution is 2.24. The highest BCUT2D eigenvalue weighted by Gasteiger charge is 2.12. The van der Waals surface area contributed by atoms with Gasteiger partial charge in [-0.15, -0.1) is 0 Å². The number of Topliss-reactive ketones (excluding diaryl/α,β-unsaturated/α-hetero) is 1. The number of nitrogens with two attached hydrogens (primary N) is 1. The van der Waals surface area contributed by atoms with E-state index in [0.29, 0.717) is 22.0 Å². The molecule has 0 bridgehead atoms. The van der Waals surface area contributed by atoms with Crippen molar-refractivity contribution in [2.45, 2.75) is 6.92 Å². The molecule has 1 amide bonds. The van der Waals surface area contributed by atoms with E-state index in [2.05, 4.69) is 10.3 Å². The first-order valence-electron chi connectivity index (χ1n) is 5.53. The second kappa shape index (κ2) is 5.16. The van der Waals surface area contributed by atoms with E-state index in [1.54, 1.807) is 18.2 Å². The van der Waals surface area contributed by atoms with Crippen LogP contribution in [0, 0.1) is 0 Å². The normalized spacial score (nSPS) is 10.2. The third-order valence-electron chi connectivity index (χ3n) is 2.58. The van der Waals surface area contributed by atoms with Crippen LogP contribution < -0.4 is 11.1 Å². The second-order valence-corrected chi connectivity index (χ2v) is 4.46. The van der Waals surface area contributed by atoms with Crippen molar-refractivity contribution in [2.75, 3.05) is 11.1 Å². The van der Waals surface area contributed by atoms with Crippen LogP contribution in [-0.2, 0) is 0 Å². The standard InChI is InChI=1S/C13H12ClN3O2/c1-7(18)8-4-12(16-6-8)13(19)17-11-3-2-9(15)5-10(11)14/h2-6,16H,15H2,1H3,(H,17,19). The summed E-state index contributed by atoms with van der Waals surface area (Å²) in [7, 11) is 0. The van der Waals surface area contributed by atoms with Crippen molar-refractivity contribution < 1.29 is 9.59 Å². The van der Waals surface area contributed by atoms with Crippen LogP contribution in [0.4, 0.5) is 11.4 Å². The van der Waals surface area contributed by atoms with E-state index in [1.165, 1.54) is 19.2 Å². The van der Waals surface area contributed by atoms with Crippen molar-refractivity contribution in [3.8, 4) is 0 Å². The molecule has 0 saturated carbocycles. The van der Waals surface area contributed by atoms with Gasteiger partial charge in [0.2, 0.25) is 0 Å². The minimum absolute atomic E-state index is 0.110. The van der Waals surface area contributed by atoms with E-state index < -0.39 is 0 Å². The summed E-state index contributed by atoms with van der Waals surface area (Å²) in [6.45, 7) is 1.43. The molecule has 0 radical (unpaired) electrons. The maximum absolute atomic E-state index is 11.9. The molecule has 6 heteroatoms. The predicted octanol–water partition coefficient (Wildman–Crippen LogP) is 2.71. The van der Waals surface area contributed by atoms with Crippen molar-refractivity contribution in [2.24, 2.45) is 0 Å². The summed E-state index contributed by atoms with van der Waals surface area (Å²) >= 11 is 5.96. The number of aromatic nitrogens is 1. The Morgan fingerprint density at radius 1 is 1.32 bits per heavy atom. The number of halogens is 1. The Morgan fingerprint density at radius 3 is 2.63 bits per heavy atom. The van der Waals surface area contributed by atoms with Crippen LogP contribution in [0.2, 0.25) is 5.02 Å². The molecule has 0 fully saturated rings. The first-order chi connectivity index (χ1) is 8.97. The molecule has 0 atom stereocenters. The van der Waals surface area contributed by atoms with Crippen molar-refractivity contribution in [3.05, 3.63) is 46.7 Å². The largest absolute Gasteiger partial charge is 0.399 e. The lowest BCUT2D eigenvalue weighted by Gasteiger charge is -2.06. The van der Waals surface area contributed by atoms with Crippen LogP contribution in [0.15, 0.2) is 30.5 Å². The molecular weight excluding hydrogens is 266 g/mol. The van der Waals surface area contributed by atoms with Crippen molar-refractivity contribution in [1.82, 2.24) is 4.98 Å². The average molecular weight is 278 g/mol. The molecule has 98 valence electrons. The average Bonchev–Trinajstić information content (AvgIpc) is 2.82. The summed E-state index contributed by atoms with van der Waals surface area (Å²) in [5.74, 6) is -0.486. The second-order valence-electron chi connectivity index (χ2n) is 4.05. The molecule has 0 aliphatic rings. The Morgan fingerprint density at radius 2 is 2.05 bits per heavy atom. The molecule has 0 aliphatic heterocycles. The van der Waals surface area contributed by atoms with E-state index in [4.69, 9.17) is 17.3 Å². The van der Waals surface area contributed by atoms with Crippen LogP contribution in [-0.4, -0.2) is 16.7 Å². The number of nitrogens with one attached hydrogen (secondary N) is 2. The monoisotopic (exact) mass is 277 g/mol. The summed E-state index contributed by atoms with van der Waals surface area (Å²) in [4.78, 5) is 25.8. The van der Waals surface area contributed by atoms with E-state index in [9.17, 15) is 9.59 Å². The number of benzene rings is 1. The summed E-state index contributed by atoms with van der Waals surface area (Å²) < 4.78 is 0.